The molecule has 2 aromatic carbocycles. The second kappa shape index (κ2) is 9.72. The summed E-state index contributed by atoms with van der Waals surface area (Å²) in [4.78, 5) is 4.25. The number of nitrogens with zero attached hydrogens (tertiary/aromatic N) is 1. The van der Waals surface area contributed by atoms with Crippen LogP contribution in [0.25, 0.3) is 11.6 Å². The molecule has 1 N–H and O–H groups in total. The van der Waals surface area contributed by atoms with Crippen molar-refractivity contribution in [2.24, 2.45) is 0 Å². The molecule has 0 unspecified atom stereocenters. The lowest BCUT2D eigenvalue weighted by Crippen LogP contribution is -2.06. The van der Waals surface area contributed by atoms with E-state index >= 15 is 0 Å². The molecule has 0 bridgehead atoms. The van der Waals surface area contributed by atoms with Crippen molar-refractivity contribution in [3.8, 4) is 5.75 Å². The van der Waals surface area contributed by atoms with Crippen LogP contribution in [0.4, 0.5) is 0 Å². The molecule has 3 aromatic rings. The van der Waals surface area contributed by atoms with Gasteiger partial charge in [-0.3, -0.25) is 10.4 Å². The molecule has 1 aromatic heterocycles. The lowest BCUT2D eigenvalue weighted by atomic mass is 10.0. The van der Waals surface area contributed by atoms with E-state index in [1.54, 1.807) is 6.20 Å². The van der Waals surface area contributed by atoms with Gasteiger partial charge in [0.05, 0.1) is 12.3 Å². The predicted octanol–water partition coefficient (Wildman–Crippen LogP) is 5.87. The normalized spacial score (nSPS) is 11.1. The molecule has 0 saturated heterocycles. The highest BCUT2D eigenvalue weighted by molar-refractivity contribution is 6.30. The smallest absolute Gasteiger partial charge is 0.213 e. The molecular formula is C23H21ClN2O2. The van der Waals surface area contributed by atoms with Gasteiger partial charge in [-0.15, -0.1) is 0 Å². The van der Waals surface area contributed by atoms with Crippen LogP contribution in [0.1, 0.15) is 23.7 Å². The first-order chi connectivity index (χ1) is 13.7. The van der Waals surface area contributed by atoms with Gasteiger partial charge < -0.3 is 9.47 Å². The Kier molecular flexibility index (Phi) is 6.82. The predicted molar refractivity (Wildman–Crippen MR) is 114 cm³/mol. The third-order valence-corrected chi connectivity index (χ3v) is 4.24. The van der Waals surface area contributed by atoms with Gasteiger partial charge in [-0.1, -0.05) is 41.9 Å². The fourth-order valence-electron chi connectivity index (χ4n) is 2.60. The highest BCUT2D eigenvalue weighted by atomic mass is 35.5. The Morgan fingerprint density at radius 1 is 1.04 bits per heavy atom. The van der Waals surface area contributed by atoms with Crippen LogP contribution in [0.2, 0.25) is 5.02 Å². The molecule has 0 aliphatic rings. The third-order valence-electron chi connectivity index (χ3n) is 3.99. The molecule has 0 atom stereocenters. The van der Waals surface area contributed by atoms with E-state index in [1.165, 1.54) is 0 Å². The topological polar surface area (TPSA) is 55.2 Å². The van der Waals surface area contributed by atoms with E-state index in [9.17, 15) is 0 Å². The molecule has 0 radical (unpaired) electrons. The summed E-state index contributed by atoms with van der Waals surface area (Å²) in [5.41, 5.74) is 3.38. The van der Waals surface area contributed by atoms with Crippen molar-refractivity contribution < 1.29 is 9.47 Å². The molecule has 5 heteroatoms. The van der Waals surface area contributed by atoms with Gasteiger partial charge in [-0.25, -0.2) is 0 Å². The molecule has 0 saturated carbocycles. The molecular weight excluding hydrogens is 372 g/mol. The molecule has 0 aliphatic heterocycles. The zero-order valence-electron chi connectivity index (χ0n) is 15.6. The van der Waals surface area contributed by atoms with Gasteiger partial charge in [0.1, 0.15) is 12.4 Å². The number of benzene rings is 2. The summed E-state index contributed by atoms with van der Waals surface area (Å²) in [7, 11) is 0. The van der Waals surface area contributed by atoms with Crippen LogP contribution in [-0.4, -0.2) is 17.5 Å². The van der Waals surface area contributed by atoms with Gasteiger partial charge in [0.15, 0.2) is 0 Å². The Bertz CT molecular complexity index is 937. The summed E-state index contributed by atoms with van der Waals surface area (Å²) in [6.07, 6.45) is 3.66. The minimum atomic E-state index is 0.125. The van der Waals surface area contributed by atoms with Gasteiger partial charge in [0.25, 0.3) is 0 Å². The summed E-state index contributed by atoms with van der Waals surface area (Å²) in [5.74, 6) is 0.864. The van der Waals surface area contributed by atoms with Crippen LogP contribution in [-0.2, 0) is 11.3 Å². The van der Waals surface area contributed by atoms with E-state index in [-0.39, 0.29) is 5.90 Å². The van der Waals surface area contributed by atoms with Gasteiger partial charge in [-0.05, 0) is 60.5 Å². The maximum atomic E-state index is 8.27. The first-order valence-electron chi connectivity index (χ1n) is 8.98. The van der Waals surface area contributed by atoms with E-state index in [4.69, 9.17) is 26.5 Å². The zero-order chi connectivity index (χ0) is 19.8. The molecule has 4 nitrogen and oxygen atoms in total. The fourth-order valence-corrected chi connectivity index (χ4v) is 2.73. The average Bonchev–Trinajstić information content (AvgIpc) is 2.73. The number of halogens is 1. The van der Waals surface area contributed by atoms with E-state index in [0.717, 1.165) is 22.6 Å². The molecule has 28 heavy (non-hydrogen) atoms. The minimum Gasteiger partial charge on any atom is -0.487 e. The van der Waals surface area contributed by atoms with Gasteiger partial charge in [0.2, 0.25) is 5.90 Å². The van der Waals surface area contributed by atoms with E-state index in [2.05, 4.69) is 4.98 Å². The number of nitrogens with one attached hydrogen (secondary N) is 1. The molecule has 1 heterocycles. The highest BCUT2D eigenvalue weighted by Gasteiger charge is 2.10. The van der Waals surface area contributed by atoms with E-state index in [0.29, 0.717) is 23.8 Å². The van der Waals surface area contributed by atoms with Crippen LogP contribution in [0.15, 0.2) is 72.9 Å². The third kappa shape index (κ3) is 5.44. The Morgan fingerprint density at radius 3 is 2.43 bits per heavy atom. The van der Waals surface area contributed by atoms with Crippen LogP contribution in [0, 0.1) is 5.41 Å². The number of rotatable bonds is 7. The highest BCUT2D eigenvalue weighted by Crippen LogP contribution is 2.24. The summed E-state index contributed by atoms with van der Waals surface area (Å²) < 4.78 is 11.2. The van der Waals surface area contributed by atoms with Gasteiger partial charge in [0, 0.05) is 16.8 Å². The largest absolute Gasteiger partial charge is 0.487 e. The lowest BCUT2D eigenvalue weighted by Gasteiger charge is -2.12. The minimum absolute atomic E-state index is 0.125. The summed E-state index contributed by atoms with van der Waals surface area (Å²) >= 11 is 5.96. The molecule has 0 aliphatic carbocycles. The first kappa shape index (κ1) is 19.6. The summed E-state index contributed by atoms with van der Waals surface area (Å²) in [6, 6.07) is 20.8. The van der Waals surface area contributed by atoms with E-state index < -0.39 is 0 Å². The number of hydrogen-bond acceptors (Lipinski definition) is 4. The maximum absolute atomic E-state index is 8.27. The number of pyridine rings is 1. The standard InChI is InChI=1S/C23H21ClN2O2/c1-2-27-23(25)22(15-17-6-10-19(24)11-7-17)18-8-12-21(13-9-18)28-16-20-5-3-4-14-26-20/h3-15,25H,2,16H2,1H3/b22-15+,25-23?. The second-order valence-electron chi connectivity index (χ2n) is 6.01. The zero-order valence-corrected chi connectivity index (χ0v) is 16.3. The number of aromatic nitrogens is 1. The molecule has 0 amide bonds. The molecule has 0 spiro atoms. The Morgan fingerprint density at radius 2 is 1.79 bits per heavy atom. The van der Waals surface area contributed by atoms with Crippen molar-refractivity contribution in [2.45, 2.75) is 13.5 Å². The summed E-state index contributed by atoms with van der Waals surface area (Å²) in [5, 5.41) is 8.94. The van der Waals surface area contributed by atoms with Gasteiger partial charge in [-0.2, -0.15) is 0 Å². The Balaban J connectivity index is 1.79. The Hall–Kier alpha value is -3.11. The SMILES string of the molecule is CCOC(=N)/C(=C/c1ccc(Cl)cc1)c1ccc(OCc2ccccn2)cc1. The van der Waals surface area contributed by atoms with Crippen LogP contribution >= 0.6 is 11.6 Å². The average molecular weight is 393 g/mol. The van der Waals surface area contributed by atoms with Crippen LogP contribution in [0.5, 0.6) is 5.75 Å². The van der Waals surface area contributed by atoms with E-state index in [1.807, 2.05) is 79.7 Å². The van der Waals surface area contributed by atoms with Crippen molar-refractivity contribution in [1.82, 2.24) is 4.98 Å². The molecule has 3 rings (SSSR count). The van der Waals surface area contributed by atoms with Crippen molar-refractivity contribution in [2.75, 3.05) is 6.61 Å². The van der Waals surface area contributed by atoms with Crippen molar-refractivity contribution in [3.63, 3.8) is 0 Å². The monoisotopic (exact) mass is 392 g/mol. The first-order valence-corrected chi connectivity index (χ1v) is 9.35. The van der Waals surface area contributed by atoms with Crippen molar-refractivity contribution in [3.05, 3.63) is 94.8 Å². The molecule has 142 valence electrons. The van der Waals surface area contributed by atoms with Crippen LogP contribution in [0.3, 0.4) is 0 Å². The maximum Gasteiger partial charge on any atom is 0.213 e. The van der Waals surface area contributed by atoms with Crippen molar-refractivity contribution >= 4 is 29.1 Å². The summed E-state index contributed by atoms with van der Waals surface area (Å²) in [6.45, 7) is 2.70. The molecule has 0 fully saturated rings. The van der Waals surface area contributed by atoms with Gasteiger partial charge >= 0.3 is 0 Å². The number of ether oxygens (including phenoxy) is 2. The van der Waals surface area contributed by atoms with Crippen LogP contribution < -0.4 is 4.74 Å². The quantitative estimate of drug-likeness (QED) is 0.311. The number of hydrogen-bond donors (Lipinski definition) is 1. The Labute approximate surface area is 169 Å². The van der Waals surface area contributed by atoms with Crippen molar-refractivity contribution in [1.29, 1.82) is 5.41 Å². The fraction of sp³-hybridized carbons (Fsp3) is 0.130. The lowest BCUT2D eigenvalue weighted by molar-refractivity contribution is 0.301. The second-order valence-corrected chi connectivity index (χ2v) is 6.44.